The van der Waals surface area contributed by atoms with Crippen LogP contribution in [0.3, 0.4) is 0 Å². The van der Waals surface area contributed by atoms with Gasteiger partial charge >= 0.3 is 5.97 Å². The molecule has 0 aliphatic heterocycles. The summed E-state index contributed by atoms with van der Waals surface area (Å²) < 4.78 is 0. The molecule has 0 saturated heterocycles. The normalized spacial score (nSPS) is 10.0. The van der Waals surface area contributed by atoms with E-state index in [-0.39, 0.29) is 29.4 Å². The highest BCUT2D eigenvalue weighted by molar-refractivity contribution is 5.96. The molecular weight excluding hydrogens is 278 g/mol. The number of nitro groups is 1. The molecule has 1 N–H and O–H groups in total. The smallest absolute Gasteiger partial charge is 0.338 e. The first-order valence-corrected chi connectivity index (χ1v) is 6.24. The van der Waals surface area contributed by atoms with E-state index in [1.807, 2.05) is 0 Å². The molecule has 0 spiro atoms. The zero-order valence-corrected chi connectivity index (χ0v) is 12.1. The number of benzene rings is 1. The van der Waals surface area contributed by atoms with Crippen molar-refractivity contribution in [1.82, 2.24) is 4.90 Å². The zero-order chi connectivity index (χ0) is 16.2. The van der Waals surface area contributed by atoms with Gasteiger partial charge in [-0.3, -0.25) is 14.9 Å². The van der Waals surface area contributed by atoms with Gasteiger partial charge in [0.05, 0.1) is 22.7 Å². The van der Waals surface area contributed by atoms with E-state index in [0.29, 0.717) is 6.54 Å². The number of carboxylic acid groups (broad SMARTS) is 1. The van der Waals surface area contributed by atoms with Crippen molar-refractivity contribution in [3.05, 3.63) is 33.9 Å². The molecule has 0 bridgehead atoms. The summed E-state index contributed by atoms with van der Waals surface area (Å²) in [5.74, 6) is -1.46. The SMILES string of the molecule is CCN(CC(=O)N(C)C)c1ccc([N+](=O)[O-])cc1C(=O)O. The van der Waals surface area contributed by atoms with Crippen LogP contribution in [0.15, 0.2) is 18.2 Å². The number of carboxylic acids is 1. The predicted molar refractivity (Wildman–Crippen MR) is 76.6 cm³/mol. The Bertz CT molecular complexity index is 571. The Hall–Kier alpha value is -2.64. The highest BCUT2D eigenvalue weighted by atomic mass is 16.6. The first-order valence-electron chi connectivity index (χ1n) is 6.24. The number of carbonyl (C=O) groups is 2. The predicted octanol–water partition coefficient (Wildman–Crippen LogP) is 1.21. The molecule has 0 aromatic heterocycles. The van der Waals surface area contributed by atoms with E-state index in [0.717, 1.165) is 6.07 Å². The lowest BCUT2D eigenvalue weighted by molar-refractivity contribution is -0.384. The summed E-state index contributed by atoms with van der Waals surface area (Å²) in [5, 5.41) is 19.9. The van der Waals surface area contributed by atoms with E-state index in [9.17, 15) is 24.8 Å². The number of hydrogen-bond acceptors (Lipinski definition) is 5. The summed E-state index contributed by atoms with van der Waals surface area (Å²) in [7, 11) is 3.20. The number of likely N-dealkylation sites (N-methyl/N-ethyl adjacent to an activating group) is 2. The Kier molecular flexibility index (Phi) is 5.23. The van der Waals surface area contributed by atoms with Crippen LogP contribution in [0.5, 0.6) is 0 Å². The maximum absolute atomic E-state index is 11.8. The molecule has 114 valence electrons. The molecule has 8 heteroatoms. The van der Waals surface area contributed by atoms with Gasteiger partial charge in [-0.05, 0) is 13.0 Å². The van der Waals surface area contributed by atoms with Gasteiger partial charge in [-0.25, -0.2) is 4.79 Å². The Labute approximate surface area is 121 Å². The van der Waals surface area contributed by atoms with E-state index in [1.165, 1.54) is 17.0 Å². The van der Waals surface area contributed by atoms with Crippen molar-refractivity contribution in [1.29, 1.82) is 0 Å². The van der Waals surface area contributed by atoms with E-state index >= 15 is 0 Å². The number of nitro benzene ring substituents is 1. The number of rotatable bonds is 6. The molecule has 1 amide bonds. The van der Waals surface area contributed by atoms with Crippen LogP contribution in [0, 0.1) is 10.1 Å². The third-order valence-electron chi connectivity index (χ3n) is 2.97. The highest BCUT2D eigenvalue weighted by Gasteiger charge is 2.21. The molecule has 1 aromatic carbocycles. The number of non-ortho nitro benzene ring substituents is 1. The number of nitrogens with zero attached hydrogens (tertiary/aromatic N) is 3. The van der Waals surface area contributed by atoms with Gasteiger partial charge in [0.25, 0.3) is 5.69 Å². The fourth-order valence-electron chi connectivity index (χ4n) is 1.76. The zero-order valence-electron chi connectivity index (χ0n) is 12.1. The lowest BCUT2D eigenvalue weighted by atomic mass is 10.1. The van der Waals surface area contributed by atoms with E-state index in [2.05, 4.69) is 0 Å². The van der Waals surface area contributed by atoms with Crippen LogP contribution in [0.4, 0.5) is 11.4 Å². The molecule has 0 aliphatic carbocycles. The molecule has 0 unspecified atom stereocenters. The summed E-state index contributed by atoms with van der Waals surface area (Å²) in [4.78, 5) is 36.1. The third-order valence-corrected chi connectivity index (χ3v) is 2.97. The van der Waals surface area contributed by atoms with Gasteiger partial charge in [0, 0.05) is 32.8 Å². The lowest BCUT2D eigenvalue weighted by Gasteiger charge is -2.25. The van der Waals surface area contributed by atoms with E-state index in [4.69, 9.17) is 0 Å². The van der Waals surface area contributed by atoms with Crippen molar-refractivity contribution in [2.24, 2.45) is 0 Å². The maximum Gasteiger partial charge on any atom is 0.338 e. The molecule has 0 radical (unpaired) electrons. The van der Waals surface area contributed by atoms with Crippen LogP contribution in [0.25, 0.3) is 0 Å². The van der Waals surface area contributed by atoms with Crippen molar-refractivity contribution in [2.45, 2.75) is 6.92 Å². The first-order chi connectivity index (χ1) is 9.77. The largest absolute Gasteiger partial charge is 0.478 e. The fraction of sp³-hybridized carbons (Fsp3) is 0.385. The van der Waals surface area contributed by atoms with Gasteiger partial charge in [0.15, 0.2) is 0 Å². The summed E-state index contributed by atoms with van der Waals surface area (Å²) in [6.07, 6.45) is 0. The molecule has 0 heterocycles. The third kappa shape index (κ3) is 3.91. The molecular formula is C13H17N3O5. The minimum atomic E-state index is -1.27. The van der Waals surface area contributed by atoms with E-state index in [1.54, 1.807) is 25.9 Å². The average molecular weight is 295 g/mol. The molecule has 0 aliphatic rings. The molecule has 1 aromatic rings. The second-order valence-corrected chi connectivity index (χ2v) is 4.57. The number of amides is 1. The van der Waals surface area contributed by atoms with Crippen LogP contribution in [-0.4, -0.2) is 54.0 Å². The molecule has 0 fully saturated rings. The van der Waals surface area contributed by atoms with Gasteiger partial charge in [-0.1, -0.05) is 0 Å². The number of hydrogen-bond donors (Lipinski definition) is 1. The maximum atomic E-state index is 11.8. The Morgan fingerprint density at radius 3 is 2.38 bits per heavy atom. The van der Waals surface area contributed by atoms with Gasteiger partial charge < -0.3 is 14.9 Å². The minimum absolute atomic E-state index is 0.00158. The number of carbonyl (C=O) groups excluding carboxylic acids is 1. The van der Waals surface area contributed by atoms with Gasteiger partial charge in [-0.15, -0.1) is 0 Å². The molecule has 1 rings (SSSR count). The van der Waals surface area contributed by atoms with Crippen LogP contribution < -0.4 is 4.90 Å². The van der Waals surface area contributed by atoms with Crippen molar-refractivity contribution in [3.63, 3.8) is 0 Å². The Balaban J connectivity index is 3.22. The Morgan fingerprint density at radius 2 is 1.95 bits per heavy atom. The average Bonchev–Trinajstić information content (AvgIpc) is 2.43. The topological polar surface area (TPSA) is 104 Å². The van der Waals surface area contributed by atoms with Crippen LogP contribution in [-0.2, 0) is 4.79 Å². The molecule has 21 heavy (non-hydrogen) atoms. The summed E-state index contributed by atoms with van der Waals surface area (Å²) in [6.45, 7) is 2.18. The second kappa shape index (κ2) is 6.69. The summed E-state index contributed by atoms with van der Waals surface area (Å²) >= 11 is 0. The molecule has 0 atom stereocenters. The molecule has 8 nitrogen and oxygen atoms in total. The summed E-state index contributed by atoms with van der Waals surface area (Å²) in [6, 6.07) is 3.58. The standard InChI is InChI=1S/C13H17N3O5/c1-4-15(8-12(17)14(2)3)11-6-5-9(16(20)21)7-10(11)13(18)19/h5-7H,4,8H2,1-3H3,(H,18,19). The van der Waals surface area contributed by atoms with Crippen molar-refractivity contribution >= 4 is 23.3 Å². The van der Waals surface area contributed by atoms with Crippen molar-refractivity contribution in [3.8, 4) is 0 Å². The Morgan fingerprint density at radius 1 is 1.33 bits per heavy atom. The van der Waals surface area contributed by atoms with Crippen LogP contribution in [0.1, 0.15) is 17.3 Å². The quantitative estimate of drug-likeness (QED) is 0.625. The minimum Gasteiger partial charge on any atom is -0.478 e. The van der Waals surface area contributed by atoms with Crippen molar-refractivity contribution < 1.29 is 19.6 Å². The van der Waals surface area contributed by atoms with Gasteiger partial charge in [0.1, 0.15) is 0 Å². The first kappa shape index (κ1) is 16.4. The summed E-state index contributed by atoms with van der Waals surface area (Å²) in [5.41, 5.74) is -0.213. The van der Waals surface area contributed by atoms with Crippen LogP contribution in [0.2, 0.25) is 0 Å². The fourth-order valence-corrected chi connectivity index (χ4v) is 1.76. The lowest BCUT2D eigenvalue weighted by Crippen LogP contribution is -2.37. The van der Waals surface area contributed by atoms with Gasteiger partial charge in [-0.2, -0.15) is 0 Å². The number of aromatic carboxylic acids is 1. The van der Waals surface area contributed by atoms with Gasteiger partial charge in [0.2, 0.25) is 5.91 Å². The monoisotopic (exact) mass is 295 g/mol. The number of anilines is 1. The molecule has 0 saturated carbocycles. The van der Waals surface area contributed by atoms with Crippen LogP contribution >= 0.6 is 0 Å². The highest BCUT2D eigenvalue weighted by Crippen LogP contribution is 2.25. The second-order valence-electron chi connectivity index (χ2n) is 4.57. The van der Waals surface area contributed by atoms with E-state index < -0.39 is 10.9 Å². The van der Waals surface area contributed by atoms with Crippen molar-refractivity contribution in [2.75, 3.05) is 32.1 Å².